The van der Waals surface area contributed by atoms with Crippen LogP contribution in [0.15, 0.2) is 48.5 Å². The van der Waals surface area contributed by atoms with Crippen LogP contribution in [0, 0.1) is 6.92 Å². The second-order valence-electron chi connectivity index (χ2n) is 5.87. The van der Waals surface area contributed by atoms with Crippen LogP contribution in [0.5, 0.6) is 0 Å². The van der Waals surface area contributed by atoms with Crippen molar-refractivity contribution in [1.29, 1.82) is 0 Å². The van der Waals surface area contributed by atoms with Crippen molar-refractivity contribution in [2.45, 2.75) is 26.3 Å². The fourth-order valence-corrected chi connectivity index (χ4v) is 3.02. The topological polar surface area (TPSA) is 32.3 Å². The van der Waals surface area contributed by atoms with Crippen LogP contribution in [0.2, 0.25) is 0 Å². The number of anilines is 1. The molecule has 1 aliphatic heterocycles. The van der Waals surface area contributed by atoms with E-state index >= 15 is 0 Å². The van der Waals surface area contributed by atoms with Crippen molar-refractivity contribution in [3.05, 3.63) is 65.2 Å². The lowest BCUT2D eigenvalue weighted by Crippen LogP contribution is -2.41. The fraction of sp³-hybridized carbons (Fsp3) is 0.316. The van der Waals surface area contributed by atoms with Gasteiger partial charge in [-0.15, -0.1) is 0 Å². The summed E-state index contributed by atoms with van der Waals surface area (Å²) in [4.78, 5) is 14.4. The zero-order valence-corrected chi connectivity index (χ0v) is 13.0. The number of aryl methyl sites for hydroxylation is 2. The molecule has 1 N–H and O–H groups in total. The zero-order chi connectivity index (χ0) is 15.4. The summed E-state index contributed by atoms with van der Waals surface area (Å²) >= 11 is 0. The van der Waals surface area contributed by atoms with Gasteiger partial charge in [-0.2, -0.15) is 0 Å². The molecule has 1 amide bonds. The van der Waals surface area contributed by atoms with E-state index in [1.807, 2.05) is 23.1 Å². The predicted molar refractivity (Wildman–Crippen MR) is 90.0 cm³/mol. The Hall–Kier alpha value is -2.13. The highest BCUT2D eigenvalue weighted by Gasteiger charge is 2.21. The SMILES string of the molecule is Cc1cccc(CNCC(=O)N2CCCc3ccccc32)c1. The van der Waals surface area contributed by atoms with Crippen LogP contribution in [0.3, 0.4) is 0 Å². The van der Waals surface area contributed by atoms with Gasteiger partial charge in [0.1, 0.15) is 0 Å². The van der Waals surface area contributed by atoms with E-state index in [0.29, 0.717) is 6.54 Å². The first kappa shape index (κ1) is 14.8. The summed E-state index contributed by atoms with van der Waals surface area (Å²) in [5, 5.41) is 3.27. The summed E-state index contributed by atoms with van der Waals surface area (Å²) in [6, 6.07) is 16.6. The Morgan fingerprint density at radius 1 is 1.18 bits per heavy atom. The van der Waals surface area contributed by atoms with E-state index in [-0.39, 0.29) is 5.91 Å². The number of hydrogen-bond acceptors (Lipinski definition) is 2. The van der Waals surface area contributed by atoms with Gasteiger partial charge in [0, 0.05) is 18.8 Å². The van der Waals surface area contributed by atoms with E-state index in [1.54, 1.807) is 0 Å². The maximum Gasteiger partial charge on any atom is 0.240 e. The molecule has 0 atom stereocenters. The molecule has 114 valence electrons. The minimum Gasteiger partial charge on any atom is -0.311 e. The highest BCUT2D eigenvalue weighted by atomic mass is 16.2. The lowest BCUT2D eigenvalue weighted by molar-refractivity contribution is -0.117. The Labute approximate surface area is 132 Å². The van der Waals surface area contributed by atoms with Gasteiger partial charge in [0.15, 0.2) is 0 Å². The molecule has 0 saturated carbocycles. The van der Waals surface area contributed by atoms with Crippen LogP contribution in [0.1, 0.15) is 23.1 Å². The van der Waals surface area contributed by atoms with Gasteiger partial charge in [-0.05, 0) is 37.0 Å². The summed E-state index contributed by atoms with van der Waals surface area (Å²) in [6.45, 7) is 4.01. The third kappa shape index (κ3) is 3.37. The minimum atomic E-state index is 0.153. The number of hydrogen-bond donors (Lipinski definition) is 1. The van der Waals surface area contributed by atoms with Crippen molar-refractivity contribution in [2.24, 2.45) is 0 Å². The first-order valence-corrected chi connectivity index (χ1v) is 7.88. The largest absolute Gasteiger partial charge is 0.311 e. The van der Waals surface area contributed by atoms with Crippen LogP contribution >= 0.6 is 0 Å². The van der Waals surface area contributed by atoms with Gasteiger partial charge in [-0.25, -0.2) is 0 Å². The number of fused-ring (bicyclic) bond motifs is 1. The lowest BCUT2D eigenvalue weighted by Gasteiger charge is -2.29. The van der Waals surface area contributed by atoms with E-state index in [9.17, 15) is 4.79 Å². The molecule has 22 heavy (non-hydrogen) atoms. The molecule has 0 spiro atoms. The second-order valence-corrected chi connectivity index (χ2v) is 5.87. The quantitative estimate of drug-likeness (QED) is 0.940. The third-order valence-corrected chi connectivity index (χ3v) is 4.10. The smallest absolute Gasteiger partial charge is 0.240 e. The predicted octanol–water partition coefficient (Wildman–Crippen LogP) is 3.06. The second kappa shape index (κ2) is 6.75. The first-order chi connectivity index (χ1) is 10.7. The maximum atomic E-state index is 12.5. The molecule has 2 aromatic carbocycles. The molecule has 0 bridgehead atoms. The lowest BCUT2D eigenvalue weighted by atomic mass is 10.0. The Kier molecular flexibility index (Phi) is 4.54. The molecule has 0 radical (unpaired) electrons. The van der Waals surface area contributed by atoms with Gasteiger partial charge in [0.25, 0.3) is 0 Å². The molecule has 2 aromatic rings. The Balaban J connectivity index is 1.59. The standard InChI is InChI=1S/C19H22N2O/c1-15-6-4-7-16(12-15)13-20-14-19(22)21-11-5-9-17-8-2-3-10-18(17)21/h2-4,6-8,10,12,20H,5,9,11,13-14H2,1H3. The molecule has 1 heterocycles. The molecule has 3 heteroatoms. The number of rotatable bonds is 4. The molecule has 0 unspecified atom stereocenters. The van der Waals surface area contributed by atoms with Crippen molar-refractivity contribution >= 4 is 11.6 Å². The normalized spacial score (nSPS) is 13.8. The van der Waals surface area contributed by atoms with E-state index in [2.05, 4.69) is 42.6 Å². The summed E-state index contributed by atoms with van der Waals surface area (Å²) in [5.74, 6) is 0.153. The summed E-state index contributed by atoms with van der Waals surface area (Å²) in [5.41, 5.74) is 4.82. The van der Waals surface area contributed by atoms with Crippen molar-refractivity contribution < 1.29 is 4.79 Å². The first-order valence-electron chi connectivity index (χ1n) is 7.88. The number of benzene rings is 2. The molecule has 1 aliphatic rings. The number of nitrogens with zero attached hydrogens (tertiary/aromatic N) is 1. The minimum absolute atomic E-state index is 0.153. The molecule has 0 aromatic heterocycles. The van der Waals surface area contributed by atoms with Gasteiger partial charge in [-0.3, -0.25) is 4.79 Å². The van der Waals surface area contributed by atoms with Crippen molar-refractivity contribution in [1.82, 2.24) is 5.32 Å². The highest BCUT2D eigenvalue weighted by molar-refractivity contribution is 5.95. The summed E-state index contributed by atoms with van der Waals surface area (Å²) in [7, 11) is 0. The van der Waals surface area contributed by atoms with Crippen LogP contribution < -0.4 is 10.2 Å². The molecule has 0 aliphatic carbocycles. The summed E-state index contributed by atoms with van der Waals surface area (Å²) < 4.78 is 0. The average Bonchev–Trinajstić information content (AvgIpc) is 2.54. The monoisotopic (exact) mass is 294 g/mol. The average molecular weight is 294 g/mol. The summed E-state index contributed by atoms with van der Waals surface area (Å²) in [6.07, 6.45) is 2.11. The Morgan fingerprint density at radius 2 is 2.05 bits per heavy atom. The highest BCUT2D eigenvalue weighted by Crippen LogP contribution is 2.26. The van der Waals surface area contributed by atoms with Crippen LogP contribution in [0.25, 0.3) is 0 Å². The number of nitrogens with one attached hydrogen (secondary N) is 1. The zero-order valence-electron chi connectivity index (χ0n) is 13.0. The van der Waals surface area contributed by atoms with Gasteiger partial charge in [-0.1, -0.05) is 48.0 Å². The molecule has 3 nitrogen and oxygen atoms in total. The fourth-order valence-electron chi connectivity index (χ4n) is 3.02. The van der Waals surface area contributed by atoms with Crippen LogP contribution in [-0.4, -0.2) is 19.0 Å². The third-order valence-electron chi connectivity index (χ3n) is 4.10. The number of carbonyl (C=O) groups is 1. The van der Waals surface area contributed by atoms with E-state index in [1.165, 1.54) is 16.7 Å². The van der Waals surface area contributed by atoms with Gasteiger partial charge in [0.2, 0.25) is 5.91 Å². The molecular weight excluding hydrogens is 272 g/mol. The molecular formula is C19H22N2O. The van der Waals surface area contributed by atoms with Gasteiger partial charge >= 0.3 is 0 Å². The van der Waals surface area contributed by atoms with E-state index < -0.39 is 0 Å². The van der Waals surface area contributed by atoms with E-state index in [0.717, 1.165) is 31.6 Å². The Morgan fingerprint density at radius 3 is 2.91 bits per heavy atom. The van der Waals surface area contributed by atoms with Crippen molar-refractivity contribution in [3.8, 4) is 0 Å². The van der Waals surface area contributed by atoms with Crippen molar-refractivity contribution in [2.75, 3.05) is 18.0 Å². The van der Waals surface area contributed by atoms with Crippen LogP contribution in [-0.2, 0) is 17.8 Å². The molecule has 0 saturated heterocycles. The number of carbonyl (C=O) groups excluding carboxylic acids is 1. The number of para-hydroxylation sites is 1. The number of amides is 1. The van der Waals surface area contributed by atoms with Gasteiger partial charge < -0.3 is 10.2 Å². The molecule has 0 fully saturated rings. The van der Waals surface area contributed by atoms with E-state index in [4.69, 9.17) is 0 Å². The van der Waals surface area contributed by atoms with Crippen LogP contribution in [0.4, 0.5) is 5.69 Å². The molecule has 3 rings (SSSR count). The van der Waals surface area contributed by atoms with Crippen molar-refractivity contribution in [3.63, 3.8) is 0 Å². The van der Waals surface area contributed by atoms with Gasteiger partial charge in [0.05, 0.1) is 6.54 Å². The Bertz CT molecular complexity index is 666. The maximum absolute atomic E-state index is 12.5.